The molecule has 0 aliphatic rings. The molecule has 0 aliphatic heterocycles. The van der Waals surface area contributed by atoms with Gasteiger partial charge in [-0.1, -0.05) is 23.2 Å². The third-order valence-electron chi connectivity index (χ3n) is 2.30. The Morgan fingerprint density at radius 1 is 1.33 bits per heavy atom. The second-order valence-corrected chi connectivity index (χ2v) is 5.21. The number of hydrogen-bond donors (Lipinski definition) is 2. The summed E-state index contributed by atoms with van der Waals surface area (Å²) in [4.78, 5) is 17.9. The van der Waals surface area contributed by atoms with Gasteiger partial charge in [0.25, 0.3) is 5.56 Å². The fourth-order valence-corrected chi connectivity index (χ4v) is 2.08. The van der Waals surface area contributed by atoms with Crippen molar-refractivity contribution in [3.8, 4) is 0 Å². The van der Waals surface area contributed by atoms with Gasteiger partial charge in [0, 0.05) is 5.02 Å². The van der Waals surface area contributed by atoms with Gasteiger partial charge in [0.15, 0.2) is 5.82 Å². The highest BCUT2D eigenvalue weighted by atomic mass is 79.9. The van der Waals surface area contributed by atoms with Crippen LogP contribution in [0.1, 0.15) is 5.56 Å². The molecule has 0 bridgehead atoms. The Morgan fingerprint density at radius 2 is 2.06 bits per heavy atom. The first-order valence-electron chi connectivity index (χ1n) is 4.95. The third kappa shape index (κ3) is 2.68. The van der Waals surface area contributed by atoms with Crippen LogP contribution in [0.25, 0.3) is 0 Å². The number of nitrogens with zero attached hydrogens (tertiary/aromatic N) is 1. The van der Waals surface area contributed by atoms with Gasteiger partial charge in [0.2, 0.25) is 0 Å². The van der Waals surface area contributed by atoms with E-state index in [-0.39, 0.29) is 5.56 Å². The predicted molar refractivity (Wildman–Crippen MR) is 77.0 cm³/mol. The number of halogens is 3. The zero-order valence-electron chi connectivity index (χ0n) is 9.22. The van der Waals surface area contributed by atoms with Crippen LogP contribution in [0.2, 0.25) is 10.0 Å². The monoisotopic (exact) mass is 347 g/mol. The SMILES string of the molecule is Cc1cc(Cl)c(Nc2nc[nH]c(=O)c2Br)cc1Cl. The van der Waals surface area contributed by atoms with Gasteiger partial charge in [-0.25, -0.2) is 4.98 Å². The molecule has 94 valence electrons. The molecule has 1 aromatic carbocycles. The van der Waals surface area contributed by atoms with Crippen LogP contribution in [-0.2, 0) is 0 Å². The molecule has 2 rings (SSSR count). The molecular weight excluding hydrogens is 341 g/mol. The summed E-state index contributed by atoms with van der Waals surface area (Å²) in [6.45, 7) is 1.86. The van der Waals surface area contributed by atoms with E-state index in [9.17, 15) is 4.79 Å². The minimum Gasteiger partial charge on any atom is -0.338 e. The smallest absolute Gasteiger partial charge is 0.267 e. The van der Waals surface area contributed by atoms with Crippen molar-refractivity contribution >= 4 is 50.6 Å². The molecule has 18 heavy (non-hydrogen) atoms. The number of anilines is 2. The molecule has 1 heterocycles. The summed E-state index contributed by atoms with van der Waals surface area (Å²) in [5.41, 5.74) is 1.19. The minimum atomic E-state index is -0.276. The van der Waals surface area contributed by atoms with Crippen molar-refractivity contribution in [3.05, 3.63) is 48.9 Å². The molecule has 0 saturated heterocycles. The first-order chi connectivity index (χ1) is 8.49. The van der Waals surface area contributed by atoms with E-state index in [1.54, 1.807) is 12.1 Å². The Morgan fingerprint density at radius 3 is 2.78 bits per heavy atom. The molecule has 4 nitrogen and oxygen atoms in total. The van der Waals surface area contributed by atoms with E-state index < -0.39 is 0 Å². The Hall–Kier alpha value is -1.04. The summed E-state index contributed by atoms with van der Waals surface area (Å²) in [6.07, 6.45) is 1.30. The molecule has 0 radical (unpaired) electrons. The van der Waals surface area contributed by atoms with Crippen molar-refractivity contribution in [1.82, 2.24) is 9.97 Å². The molecule has 1 aromatic heterocycles. The topological polar surface area (TPSA) is 57.8 Å². The maximum absolute atomic E-state index is 11.4. The number of aryl methyl sites for hydroxylation is 1. The third-order valence-corrected chi connectivity index (χ3v) is 3.75. The van der Waals surface area contributed by atoms with E-state index in [2.05, 4.69) is 31.2 Å². The molecule has 0 fully saturated rings. The van der Waals surface area contributed by atoms with E-state index in [1.807, 2.05) is 6.92 Å². The molecule has 2 aromatic rings. The van der Waals surface area contributed by atoms with Crippen molar-refractivity contribution in [3.63, 3.8) is 0 Å². The molecule has 2 N–H and O–H groups in total. The van der Waals surface area contributed by atoms with E-state index in [4.69, 9.17) is 23.2 Å². The van der Waals surface area contributed by atoms with E-state index >= 15 is 0 Å². The lowest BCUT2D eigenvalue weighted by Gasteiger charge is -2.10. The lowest BCUT2D eigenvalue weighted by molar-refractivity contribution is 1.10. The lowest BCUT2D eigenvalue weighted by atomic mass is 10.2. The maximum Gasteiger partial charge on any atom is 0.267 e. The van der Waals surface area contributed by atoms with E-state index in [0.29, 0.717) is 26.0 Å². The van der Waals surface area contributed by atoms with Crippen LogP contribution in [0.3, 0.4) is 0 Å². The van der Waals surface area contributed by atoms with Crippen LogP contribution in [0.5, 0.6) is 0 Å². The summed E-state index contributed by atoms with van der Waals surface area (Å²) in [6, 6.07) is 3.43. The van der Waals surface area contributed by atoms with Crippen LogP contribution >= 0.6 is 39.1 Å². The highest BCUT2D eigenvalue weighted by Gasteiger charge is 2.09. The number of hydrogen-bond acceptors (Lipinski definition) is 3. The van der Waals surface area contributed by atoms with Crippen LogP contribution < -0.4 is 10.9 Å². The van der Waals surface area contributed by atoms with Crippen molar-refractivity contribution in [2.45, 2.75) is 6.92 Å². The molecule has 0 amide bonds. The lowest BCUT2D eigenvalue weighted by Crippen LogP contribution is -2.10. The molecule has 0 spiro atoms. The highest BCUT2D eigenvalue weighted by molar-refractivity contribution is 9.10. The number of aromatic nitrogens is 2. The molecule has 0 saturated carbocycles. The van der Waals surface area contributed by atoms with Crippen LogP contribution in [0.4, 0.5) is 11.5 Å². The summed E-state index contributed by atoms with van der Waals surface area (Å²) in [5.74, 6) is 0.376. The van der Waals surface area contributed by atoms with Crippen LogP contribution in [0.15, 0.2) is 27.7 Å². The zero-order valence-corrected chi connectivity index (χ0v) is 12.3. The summed E-state index contributed by atoms with van der Waals surface area (Å²) >= 11 is 15.3. The fraction of sp³-hybridized carbons (Fsp3) is 0.0909. The Bertz CT molecular complexity index is 657. The zero-order chi connectivity index (χ0) is 13.3. The maximum atomic E-state index is 11.4. The fourth-order valence-electron chi connectivity index (χ4n) is 1.34. The average Bonchev–Trinajstić information content (AvgIpc) is 2.32. The number of benzene rings is 1. The van der Waals surface area contributed by atoms with Crippen molar-refractivity contribution in [2.24, 2.45) is 0 Å². The Balaban J connectivity index is 2.43. The first-order valence-corrected chi connectivity index (χ1v) is 6.50. The van der Waals surface area contributed by atoms with E-state index in [1.165, 1.54) is 6.33 Å². The number of H-pyrrole nitrogens is 1. The van der Waals surface area contributed by atoms with Gasteiger partial charge >= 0.3 is 0 Å². The van der Waals surface area contributed by atoms with Gasteiger partial charge in [-0.2, -0.15) is 0 Å². The predicted octanol–water partition coefficient (Wildman–Crippen LogP) is 3.89. The average molecular weight is 349 g/mol. The Labute approximate surface area is 121 Å². The molecular formula is C11H8BrCl2N3O. The normalized spacial score (nSPS) is 10.4. The second kappa shape index (κ2) is 5.30. The Kier molecular flexibility index (Phi) is 3.94. The van der Waals surface area contributed by atoms with Crippen molar-refractivity contribution in [2.75, 3.05) is 5.32 Å². The van der Waals surface area contributed by atoms with Crippen LogP contribution in [0, 0.1) is 6.92 Å². The van der Waals surface area contributed by atoms with E-state index in [0.717, 1.165) is 5.56 Å². The molecule has 0 unspecified atom stereocenters. The standard InChI is InChI=1S/C11H8BrCl2N3O/c1-5-2-7(14)8(3-6(5)13)17-10-9(12)11(18)16-4-15-10/h2-4H,1H3,(H2,15,16,17,18). The number of nitrogens with one attached hydrogen (secondary N) is 2. The van der Waals surface area contributed by atoms with Gasteiger partial charge < -0.3 is 10.3 Å². The minimum absolute atomic E-state index is 0.276. The first kappa shape index (κ1) is 13.4. The van der Waals surface area contributed by atoms with Gasteiger partial charge in [-0.05, 0) is 40.5 Å². The van der Waals surface area contributed by atoms with Gasteiger partial charge in [0.05, 0.1) is 17.0 Å². The largest absolute Gasteiger partial charge is 0.338 e. The summed E-state index contributed by atoms with van der Waals surface area (Å²) in [5, 5.41) is 4.05. The van der Waals surface area contributed by atoms with Gasteiger partial charge in [-0.15, -0.1) is 0 Å². The quantitative estimate of drug-likeness (QED) is 0.865. The van der Waals surface area contributed by atoms with Crippen molar-refractivity contribution in [1.29, 1.82) is 0 Å². The molecule has 7 heteroatoms. The van der Waals surface area contributed by atoms with Gasteiger partial charge in [0.1, 0.15) is 4.47 Å². The number of aromatic amines is 1. The van der Waals surface area contributed by atoms with Crippen molar-refractivity contribution < 1.29 is 0 Å². The molecule has 0 aliphatic carbocycles. The summed E-state index contributed by atoms with van der Waals surface area (Å²) in [7, 11) is 0. The van der Waals surface area contributed by atoms with Crippen LogP contribution in [-0.4, -0.2) is 9.97 Å². The highest BCUT2D eigenvalue weighted by Crippen LogP contribution is 2.31. The molecule has 0 atom stereocenters. The van der Waals surface area contributed by atoms with Gasteiger partial charge in [-0.3, -0.25) is 4.79 Å². The second-order valence-electron chi connectivity index (χ2n) is 3.60. The summed E-state index contributed by atoms with van der Waals surface area (Å²) < 4.78 is 0.303. The number of rotatable bonds is 2.